The highest BCUT2D eigenvalue weighted by Crippen LogP contribution is 2.23. The minimum Gasteiger partial charge on any atom is -0.388 e. The highest BCUT2D eigenvalue weighted by atomic mass is 79.9. The Bertz CT molecular complexity index is 475. The second kappa shape index (κ2) is 6.22. The first kappa shape index (κ1) is 14.8. The standard InChI is InChI=1S/C13H15BrClNO3/c14-10-2-1-9(7-11(10)15)12(17)16-8-13(18)3-5-19-6-4-13/h1-2,7,18H,3-6,8H2,(H,16,17). The second-order valence-electron chi connectivity index (χ2n) is 4.65. The van der Waals surface area contributed by atoms with E-state index in [1.165, 1.54) is 0 Å². The Morgan fingerprint density at radius 1 is 1.47 bits per heavy atom. The van der Waals surface area contributed by atoms with Crippen molar-refractivity contribution < 1.29 is 14.6 Å². The first-order chi connectivity index (χ1) is 9.00. The molecule has 19 heavy (non-hydrogen) atoms. The summed E-state index contributed by atoms with van der Waals surface area (Å²) >= 11 is 9.21. The van der Waals surface area contributed by atoms with Gasteiger partial charge in [0.05, 0.1) is 10.6 Å². The fourth-order valence-electron chi connectivity index (χ4n) is 1.91. The van der Waals surface area contributed by atoms with Crippen LogP contribution in [0.25, 0.3) is 0 Å². The van der Waals surface area contributed by atoms with E-state index in [4.69, 9.17) is 16.3 Å². The summed E-state index contributed by atoms with van der Waals surface area (Å²) in [7, 11) is 0. The van der Waals surface area contributed by atoms with Gasteiger partial charge in [0.25, 0.3) is 5.91 Å². The SMILES string of the molecule is O=C(NCC1(O)CCOCC1)c1ccc(Br)c(Cl)c1. The van der Waals surface area contributed by atoms with Crippen LogP contribution in [0.3, 0.4) is 0 Å². The van der Waals surface area contributed by atoms with E-state index in [0.717, 1.165) is 4.47 Å². The van der Waals surface area contributed by atoms with Crippen molar-refractivity contribution in [3.05, 3.63) is 33.3 Å². The molecule has 4 nitrogen and oxygen atoms in total. The Balaban J connectivity index is 1.95. The lowest BCUT2D eigenvalue weighted by atomic mass is 9.94. The number of carbonyl (C=O) groups is 1. The van der Waals surface area contributed by atoms with Gasteiger partial charge < -0.3 is 15.2 Å². The van der Waals surface area contributed by atoms with Crippen molar-refractivity contribution >= 4 is 33.4 Å². The summed E-state index contributed by atoms with van der Waals surface area (Å²) in [5, 5.41) is 13.5. The van der Waals surface area contributed by atoms with Crippen molar-refractivity contribution in [3.63, 3.8) is 0 Å². The summed E-state index contributed by atoms with van der Waals surface area (Å²) in [6, 6.07) is 4.99. The number of halogens is 2. The van der Waals surface area contributed by atoms with Gasteiger partial charge in [-0.25, -0.2) is 0 Å². The zero-order valence-electron chi connectivity index (χ0n) is 10.3. The molecule has 1 aromatic rings. The van der Waals surface area contributed by atoms with E-state index in [0.29, 0.717) is 36.6 Å². The molecule has 0 bridgehead atoms. The number of benzene rings is 1. The van der Waals surface area contributed by atoms with Crippen LogP contribution in [-0.2, 0) is 4.74 Å². The molecular weight excluding hydrogens is 334 g/mol. The normalized spacial score (nSPS) is 18.1. The predicted octanol–water partition coefficient (Wildman–Crippen LogP) is 2.37. The summed E-state index contributed by atoms with van der Waals surface area (Å²) in [6.07, 6.45) is 1.07. The monoisotopic (exact) mass is 347 g/mol. The Labute approximate surface area is 125 Å². The lowest BCUT2D eigenvalue weighted by Crippen LogP contribution is -2.46. The predicted molar refractivity (Wildman–Crippen MR) is 76.5 cm³/mol. The van der Waals surface area contributed by atoms with Crippen LogP contribution in [0.4, 0.5) is 0 Å². The average molecular weight is 349 g/mol. The Morgan fingerprint density at radius 2 is 2.16 bits per heavy atom. The van der Waals surface area contributed by atoms with Gasteiger partial charge in [0.15, 0.2) is 0 Å². The molecule has 0 saturated carbocycles. The van der Waals surface area contributed by atoms with Crippen molar-refractivity contribution in [1.29, 1.82) is 0 Å². The largest absolute Gasteiger partial charge is 0.388 e. The molecule has 0 unspecified atom stereocenters. The molecule has 104 valence electrons. The lowest BCUT2D eigenvalue weighted by molar-refractivity contribution is -0.0605. The highest BCUT2D eigenvalue weighted by molar-refractivity contribution is 9.10. The summed E-state index contributed by atoms with van der Waals surface area (Å²) in [4.78, 5) is 12.0. The number of amides is 1. The number of ether oxygens (including phenoxy) is 1. The number of rotatable bonds is 3. The van der Waals surface area contributed by atoms with Gasteiger partial charge in [-0.2, -0.15) is 0 Å². The van der Waals surface area contributed by atoms with Crippen molar-refractivity contribution in [1.82, 2.24) is 5.32 Å². The molecule has 0 spiro atoms. The van der Waals surface area contributed by atoms with Crippen LogP contribution in [0.1, 0.15) is 23.2 Å². The van der Waals surface area contributed by atoms with E-state index in [9.17, 15) is 9.90 Å². The van der Waals surface area contributed by atoms with E-state index >= 15 is 0 Å². The highest BCUT2D eigenvalue weighted by Gasteiger charge is 2.30. The third-order valence-electron chi connectivity index (χ3n) is 3.18. The molecule has 0 atom stereocenters. The molecule has 6 heteroatoms. The van der Waals surface area contributed by atoms with Crippen LogP contribution in [0.15, 0.2) is 22.7 Å². The Kier molecular flexibility index (Phi) is 4.84. The smallest absolute Gasteiger partial charge is 0.251 e. The van der Waals surface area contributed by atoms with Crippen LogP contribution < -0.4 is 5.32 Å². The van der Waals surface area contributed by atoms with Crippen LogP contribution in [-0.4, -0.2) is 36.4 Å². The first-order valence-electron chi connectivity index (χ1n) is 6.04. The molecule has 1 fully saturated rings. The van der Waals surface area contributed by atoms with Gasteiger partial charge in [-0.3, -0.25) is 4.79 Å². The third kappa shape index (κ3) is 3.92. The van der Waals surface area contributed by atoms with Crippen LogP contribution in [0.5, 0.6) is 0 Å². The lowest BCUT2D eigenvalue weighted by Gasteiger charge is -2.32. The molecule has 0 radical (unpaired) electrons. The number of nitrogens with one attached hydrogen (secondary N) is 1. The first-order valence-corrected chi connectivity index (χ1v) is 7.21. The molecule has 1 amide bonds. The Morgan fingerprint density at radius 3 is 2.79 bits per heavy atom. The fourth-order valence-corrected chi connectivity index (χ4v) is 2.34. The van der Waals surface area contributed by atoms with Gasteiger partial charge in [0.1, 0.15) is 0 Å². The van der Waals surface area contributed by atoms with Crippen LogP contribution in [0, 0.1) is 0 Å². The molecular formula is C13H15BrClNO3. The van der Waals surface area contributed by atoms with E-state index in [1.807, 2.05) is 0 Å². The summed E-state index contributed by atoms with van der Waals surface area (Å²) in [5.41, 5.74) is -0.392. The van der Waals surface area contributed by atoms with E-state index in [2.05, 4.69) is 21.2 Å². The van der Waals surface area contributed by atoms with Crippen molar-refractivity contribution in [2.24, 2.45) is 0 Å². The van der Waals surface area contributed by atoms with E-state index in [1.54, 1.807) is 18.2 Å². The average Bonchev–Trinajstić information content (AvgIpc) is 2.40. The molecule has 1 aliphatic heterocycles. The molecule has 1 heterocycles. The summed E-state index contributed by atoms with van der Waals surface area (Å²) in [5.74, 6) is -0.241. The van der Waals surface area contributed by atoms with E-state index < -0.39 is 5.60 Å². The van der Waals surface area contributed by atoms with Crippen LogP contribution in [0.2, 0.25) is 5.02 Å². The second-order valence-corrected chi connectivity index (χ2v) is 5.91. The third-order valence-corrected chi connectivity index (χ3v) is 4.42. The maximum atomic E-state index is 12.0. The minimum atomic E-state index is -0.868. The minimum absolute atomic E-state index is 0.225. The van der Waals surface area contributed by atoms with Crippen LogP contribution >= 0.6 is 27.5 Å². The zero-order chi connectivity index (χ0) is 13.9. The molecule has 1 aromatic carbocycles. The topological polar surface area (TPSA) is 58.6 Å². The maximum absolute atomic E-state index is 12.0. The van der Waals surface area contributed by atoms with Gasteiger partial charge in [0, 0.05) is 42.6 Å². The van der Waals surface area contributed by atoms with E-state index in [-0.39, 0.29) is 12.5 Å². The molecule has 2 rings (SSSR count). The quantitative estimate of drug-likeness (QED) is 0.882. The van der Waals surface area contributed by atoms with Gasteiger partial charge in [-0.1, -0.05) is 11.6 Å². The molecule has 1 aliphatic rings. The molecule has 0 aromatic heterocycles. The van der Waals surface area contributed by atoms with Gasteiger partial charge in [-0.05, 0) is 34.1 Å². The molecule has 1 saturated heterocycles. The van der Waals surface area contributed by atoms with Gasteiger partial charge in [0.2, 0.25) is 0 Å². The fraction of sp³-hybridized carbons (Fsp3) is 0.462. The van der Waals surface area contributed by atoms with Gasteiger partial charge >= 0.3 is 0 Å². The molecule has 2 N–H and O–H groups in total. The van der Waals surface area contributed by atoms with Crippen molar-refractivity contribution in [2.75, 3.05) is 19.8 Å². The van der Waals surface area contributed by atoms with Crippen molar-refractivity contribution in [2.45, 2.75) is 18.4 Å². The zero-order valence-corrected chi connectivity index (χ0v) is 12.6. The van der Waals surface area contributed by atoms with Gasteiger partial charge in [-0.15, -0.1) is 0 Å². The summed E-state index contributed by atoms with van der Waals surface area (Å²) < 4.78 is 5.93. The number of carbonyl (C=O) groups excluding carboxylic acids is 1. The maximum Gasteiger partial charge on any atom is 0.251 e. The number of aliphatic hydroxyl groups is 1. The molecule has 0 aliphatic carbocycles. The number of hydrogen-bond donors (Lipinski definition) is 2. The van der Waals surface area contributed by atoms with Crippen molar-refractivity contribution in [3.8, 4) is 0 Å². The Hall–Kier alpha value is -0.620. The number of hydrogen-bond acceptors (Lipinski definition) is 3. The summed E-state index contributed by atoms with van der Waals surface area (Å²) in [6.45, 7) is 1.27.